The summed E-state index contributed by atoms with van der Waals surface area (Å²) in [6.45, 7) is 7.77. The SMILES string of the molecule is C=C1C[C@@]23CCC4[C@](C)(C(=O)O[C@@H]5OC(CO)[C@@H](O)C(O)[C@@H]5O)CCC[C@@]4(C)[C@@H]2CCC1(O[C@@H]1OC(CO)[C@@H](O)C(O[C@@H]2OC(CO)[C@@H](O)C(O)[C@@H]2O)[C@@H]1O[C@@H]1OC(C)[C@H](O)C(O)[C@@H]1O)C3. The highest BCUT2D eigenvalue weighted by Gasteiger charge is 2.70. The zero-order chi connectivity index (χ0) is 48.0. The van der Waals surface area contributed by atoms with Crippen LogP contribution in [0.25, 0.3) is 0 Å². The highest BCUT2D eigenvalue weighted by atomic mass is 16.8. The van der Waals surface area contributed by atoms with Gasteiger partial charge in [-0.2, -0.15) is 0 Å². The van der Waals surface area contributed by atoms with Gasteiger partial charge in [-0.15, -0.1) is 0 Å². The van der Waals surface area contributed by atoms with Crippen LogP contribution in [-0.4, -0.2) is 221 Å². The molecule has 1 spiro atoms. The molecule has 0 aromatic carbocycles. The Hall–Kier alpha value is -1.59. The first-order chi connectivity index (χ1) is 31.1. The van der Waals surface area contributed by atoms with Crippen molar-refractivity contribution in [2.45, 2.75) is 207 Å². The molecular formula is C44H70O22. The number of ether oxygens (including phenoxy) is 8. The molecule has 8 aliphatic rings. The van der Waals surface area contributed by atoms with Gasteiger partial charge in [0.05, 0.1) is 36.9 Å². The Bertz CT molecular complexity index is 1740. The minimum atomic E-state index is -1.92. The molecule has 8 fully saturated rings. The quantitative estimate of drug-likeness (QED) is 0.0532. The molecule has 4 saturated heterocycles. The van der Waals surface area contributed by atoms with E-state index < -0.39 is 165 Å². The minimum Gasteiger partial charge on any atom is -0.432 e. The third-order valence-electron chi connectivity index (χ3n) is 17.0. The first kappa shape index (κ1) is 50.8. The first-order valence-electron chi connectivity index (χ1n) is 23.2. The van der Waals surface area contributed by atoms with E-state index in [2.05, 4.69) is 13.5 Å². The summed E-state index contributed by atoms with van der Waals surface area (Å²) in [4.78, 5) is 14.3. The molecule has 0 amide bonds. The monoisotopic (exact) mass is 950 g/mol. The number of carbonyl (C=O) groups is 1. The highest BCUT2D eigenvalue weighted by Crippen LogP contribution is 2.73. The Morgan fingerprint density at radius 3 is 1.74 bits per heavy atom. The minimum absolute atomic E-state index is 0.0493. The van der Waals surface area contributed by atoms with Crippen molar-refractivity contribution < 1.29 is 109 Å². The summed E-state index contributed by atoms with van der Waals surface area (Å²) in [5.41, 5.74) is -2.19. The lowest BCUT2D eigenvalue weighted by Gasteiger charge is -2.64. The molecule has 66 heavy (non-hydrogen) atoms. The standard InChI is InChI=1S/C44H70O22/c1-17-12-43-10-6-22-41(3,8-5-9-42(22,4)40(58)65-38-33(57)30(54)26(50)20(14-46)61-38)23(43)7-11-44(17,16-43)66-39-35(64-36-31(55)28(52)24(48)18(2)59-36)34(27(51)21(15-47)62-39)63-37-32(56)29(53)25(49)19(13-45)60-37/h18-39,45-57H,1,5-16H2,2-4H3/t18?,19?,20?,21?,22?,23-,24-,25+,26+,27+,28?,29?,30?,31-,32-,33-,34?,35-,36-,37-,38-,39-,41+,42+,43+,44?/m0/s1. The van der Waals surface area contributed by atoms with E-state index in [4.69, 9.17) is 37.9 Å². The van der Waals surface area contributed by atoms with Gasteiger partial charge in [-0.05, 0) is 93.5 Å². The van der Waals surface area contributed by atoms with Crippen LogP contribution in [0, 0.1) is 28.1 Å². The van der Waals surface area contributed by atoms with Gasteiger partial charge in [0.1, 0.15) is 91.6 Å². The van der Waals surface area contributed by atoms with Crippen LogP contribution in [0.5, 0.6) is 0 Å². The van der Waals surface area contributed by atoms with Crippen molar-refractivity contribution in [2.75, 3.05) is 19.8 Å². The maximum Gasteiger partial charge on any atom is 0.314 e. The van der Waals surface area contributed by atoms with E-state index in [0.717, 1.165) is 12.0 Å². The molecule has 8 rings (SSSR count). The summed E-state index contributed by atoms with van der Waals surface area (Å²) < 4.78 is 48.4. The number of rotatable bonds is 11. The van der Waals surface area contributed by atoms with Gasteiger partial charge in [0.15, 0.2) is 18.9 Å². The van der Waals surface area contributed by atoms with Crippen LogP contribution < -0.4 is 0 Å². The zero-order valence-corrected chi connectivity index (χ0v) is 37.4. The predicted molar refractivity (Wildman–Crippen MR) is 218 cm³/mol. The molecule has 10 unspecified atom stereocenters. The summed E-state index contributed by atoms with van der Waals surface area (Å²) in [6, 6.07) is 0. The molecule has 4 aliphatic heterocycles. The number of aliphatic hydroxyl groups excluding tert-OH is 13. The number of carbonyl (C=O) groups excluding carboxylic acids is 1. The lowest BCUT2D eigenvalue weighted by molar-refractivity contribution is -0.398. The number of hydrogen-bond donors (Lipinski definition) is 13. The van der Waals surface area contributed by atoms with Crippen LogP contribution in [-0.2, 0) is 42.7 Å². The lowest BCUT2D eigenvalue weighted by Crippen LogP contribution is -2.67. The average molecular weight is 951 g/mol. The average Bonchev–Trinajstić information content (AvgIpc) is 3.48. The van der Waals surface area contributed by atoms with Gasteiger partial charge < -0.3 is 104 Å². The second kappa shape index (κ2) is 18.9. The molecule has 2 bridgehead atoms. The fraction of sp³-hybridized carbons (Fsp3) is 0.932. The van der Waals surface area contributed by atoms with Gasteiger partial charge >= 0.3 is 5.97 Å². The Morgan fingerprint density at radius 1 is 0.606 bits per heavy atom. The number of hydrogen-bond acceptors (Lipinski definition) is 22. The van der Waals surface area contributed by atoms with Crippen LogP contribution in [0.3, 0.4) is 0 Å². The summed E-state index contributed by atoms with van der Waals surface area (Å²) >= 11 is 0. The Kier molecular flexibility index (Phi) is 14.5. The van der Waals surface area contributed by atoms with Crippen molar-refractivity contribution in [3.63, 3.8) is 0 Å². The lowest BCUT2D eigenvalue weighted by atomic mass is 9.41. The topological polar surface area (TPSA) is 354 Å². The fourth-order valence-corrected chi connectivity index (χ4v) is 13.4. The van der Waals surface area contributed by atoms with Crippen molar-refractivity contribution in [3.05, 3.63) is 12.2 Å². The van der Waals surface area contributed by atoms with Crippen molar-refractivity contribution in [1.29, 1.82) is 0 Å². The van der Waals surface area contributed by atoms with Crippen molar-refractivity contribution in [1.82, 2.24) is 0 Å². The smallest absolute Gasteiger partial charge is 0.314 e. The van der Waals surface area contributed by atoms with E-state index in [-0.39, 0.29) is 17.3 Å². The second-order valence-corrected chi connectivity index (χ2v) is 20.8. The van der Waals surface area contributed by atoms with E-state index in [9.17, 15) is 71.2 Å². The number of fused-ring (bicyclic) bond motifs is 3. The number of esters is 1. The Labute approximate surface area is 381 Å². The molecule has 4 aliphatic carbocycles. The highest BCUT2D eigenvalue weighted by molar-refractivity contribution is 5.77. The third kappa shape index (κ3) is 8.30. The van der Waals surface area contributed by atoms with E-state index in [1.54, 1.807) is 0 Å². The van der Waals surface area contributed by atoms with Crippen LogP contribution in [0.4, 0.5) is 0 Å². The zero-order valence-electron chi connectivity index (χ0n) is 37.4. The Morgan fingerprint density at radius 2 is 1.12 bits per heavy atom. The molecule has 22 nitrogen and oxygen atoms in total. The number of aliphatic hydroxyl groups is 13. The van der Waals surface area contributed by atoms with E-state index >= 15 is 0 Å². The van der Waals surface area contributed by atoms with Crippen LogP contribution in [0.15, 0.2) is 12.2 Å². The van der Waals surface area contributed by atoms with Crippen LogP contribution in [0.2, 0.25) is 0 Å². The molecule has 4 heterocycles. The van der Waals surface area contributed by atoms with Crippen molar-refractivity contribution >= 4 is 5.97 Å². The van der Waals surface area contributed by atoms with Gasteiger partial charge in [0.25, 0.3) is 0 Å². The summed E-state index contributed by atoms with van der Waals surface area (Å²) in [5, 5.41) is 137. The van der Waals surface area contributed by atoms with Gasteiger partial charge in [-0.25, -0.2) is 0 Å². The van der Waals surface area contributed by atoms with Gasteiger partial charge in [0, 0.05) is 0 Å². The molecular weight excluding hydrogens is 880 g/mol. The Balaban J connectivity index is 1.06. The van der Waals surface area contributed by atoms with Crippen molar-refractivity contribution in [3.8, 4) is 0 Å². The van der Waals surface area contributed by atoms with E-state index in [1.807, 2.05) is 6.92 Å². The molecule has 22 heteroatoms. The van der Waals surface area contributed by atoms with Crippen LogP contribution >= 0.6 is 0 Å². The largest absolute Gasteiger partial charge is 0.432 e. The van der Waals surface area contributed by atoms with Crippen LogP contribution in [0.1, 0.15) is 78.6 Å². The van der Waals surface area contributed by atoms with E-state index in [0.29, 0.717) is 51.4 Å². The molecule has 4 saturated carbocycles. The maximum absolute atomic E-state index is 14.3. The fourth-order valence-electron chi connectivity index (χ4n) is 13.4. The summed E-state index contributed by atoms with van der Waals surface area (Å²) in [6.07, 6.45) is -27.4. The van der Waals surface area contributed by atoms with E-state index in [1.165, 1.54) is 6.92 Å². The molecule has 26 atom stereocenters. The third-order valence-corrected chi connectivity index (χ3v) is 17.0. The first-order valence-corrected chi connectivity index (χ1v) is 23.2. The van der Waals surface area contributed by atoms with Gasteiger partial charge in [0.2, 0.25) is 6.29 Å². The molecule has 378 valence electrons. The predicted octanol–water partition coefficient (Wildman–Crippen LogP) is -4.09. The van der Waals surface area contributed by atoms with Gasteiger partial charge in [-0.3, -0.25) is 4.79 Å². The van der Waals surface area contributed by atoms with Crippen molar-refractivity contribution in [2.24, 2.45) is 28.1 Å². The molecule has 0 aromatic rings. The normalized spacial score (nSPS) is 55.2. The molecule has 0 aromatic heterocycles. The second-order valence-electron chi connectivity index (χ2n) is 20.8. The maximum atomic E-state index is 14.3. The molecule has 0 radical (unpaired) electrons. The molecule has 13 N–H and O–H groups in total. The summed E-state index contributed by atoms with van der Waals surface area (Å²) in [5.74, 6) is -0.750. The summed E-state index contributed by atoms with van der Waals surface area (Å²) in [7, 11) is 0. The van der Waals surface area contributed by atoms with Gasteiger partial charge in [-0.1, -0.05) is 19.9 Å².